The van der Waals surface area contributed by atoms with Gasteiger partial charge in [0, 0.05) is 11.1 Å². The number of benzene rings is 4. The third-order valence-corrected chi connectivity index (χ3v) is 5.47. The van der Waals surface area contributed by atoms with Gasteiger partial charge in [-0.25, -0.2) is 9.97 Å². The van der Waals surface area contributed by atoms with E-state index in [9.17, 15) is 5.26 Å². The van der Waals surface area contributed by atoms with E-state index in [1.807, 2.05) is 66.7 Å². The summed E-state index contributed by atoms with van der Waals surface area (Å²) < 4.78 is 0. The molecule has 5 rings (SSSR count). The minimum Gasteiger partial charge on any atom is -0.216 e. The number of fused-ring (bicyclic) bond motifs is 1. The first-order valence-corrected chi connectivity index (χ1v) is 10.2. The summed E-state index contributed by atoms with van der Waals surface area (Å²) >= 11 is 6.33. The molecule has 0 saturated carbocycles. The molecule has 0 saturated heterocycles. The molecule has 1 heterocycles. The van der Waals surface area contributed by atoms with Crippen molar-refractivity contribution in [3.63, 3.8) is 0 Å². The lowest BCUT2D eigenvalue weighted by Crippen LogP contribution is -1.99. The average molecular weight is 418 g/mol. The zero-order chi connectivity index (χ0) is 21.2. The predicted molar refractivity (Wildman–Crippen MR) is 126 cm³/mol. The minimum atomic E-state index is 0.115. The molecule has 4 heteroatoms. The maximum absolute atomic E-state index is 10.0. The van der Waals surface area contributed by atoms with Crippen molar-refractivity contribution >= 4 is 22.4 Å². The molecule has 0 atom stereocenters. The number of hydrogen-bond donors (Lipinski definition) is 0. The van der Waals surface area contributed by atoms with Crippen LogP contribution in [0, 0.1) is 11.3 Å². The van der Waals surface area contributed by atoms with Crippen LogP contribution in [0.3, 0.4) is 0 Å². The molecule has 3 nitrogen and oxygen atoms in total. The summed E-state index contributed by atoms with van der Waals surface area (Å²) in [7, 11) is 0. The number of halogens is 1. The molecule has 0 N–H and O–H groups in total. The molecule has 0 amide bonds. The zero-order valence-electron chi connectivity index (χ0n) is 16.5. The van der Waals surface area contributed by atoms with Gasteiger partial charge in [0.25, 0.3) is 0 Å². The zero-order valence-corrected chi connectivity index (χ0v) is 17.2. The number of hydrogen-bond acceptors (Lipinski definition) is 3. The molecule has 31 heavy (non-hydrogen) atoms. The quantitative estimate of drug-likeness (QED) is 0.293. The van der Waals surface area contributed by atoms with Gasteiger partial charge in [0.1, 0.15) is 11.6 Å². The summed E-state index contributed by atoms with van der Waals surface area (Å²) in [6.45, 7) is 0. The highest BCUT2D eigenvalue weighted by Crippen LogP contribution is 2.38. The molecule has 0 aliphatic heterocycles. The molecular weight excluding hydrogens is 402 g/mol. The van der Waals surface area contributed by atoms with Gasteiger partial charge < -0.3 is 0 Å². The Bertz CT molecular complexity index is 1440. The van der Waals surface area contributed by atoms with Crippen LogP contribution in [-0.4, -0.2) is 9.97 Å². The summed E-state index contributed by atoms with van der Waals surface area (Å²) in [6.07, 6.45) is 0. The maximum atomic E-state index is 10.0. The van der Waals surface area contributed by atoms with E-state index in [1.165, 1.54) is 0 Å². The Morgan fingerprint density at radius 2 is 1.10 bits per heavy atom. The molecule has 1 aromatic heterocycles. The number of rotatable bonds is 3. The highest BCUT2D eigenvalue weighted by atomic mass is 35.5. The summed E-state index contributed by atoms with van der Waals surface area (Å²) in [4.78, 5) is 8.86. The monoisotopic (exact) mass is 417 g/mol. The first-order valence-electron chi connectivity index (χ1n) is 9.87. The molecule has 0 aliphatic carbocycles. The maximum Gasteiger partial charge on any atom is 0.223 e. The van der Waals surface area contributed by atoms with E-state index in [1.54, 1.807) is 0 Å². The molecule has 0 unspecified atom stereocenters. The molecule has 5 aromatic rings. The van der Waals surface area contributed by atoms with Crippen molar-refractivity contribution in [1.82, 2.24) is 9.97 Å². The Hall–Kier alpha value is -4.00. The van der Waals surface area contributed by atoms with E-state index in [0.29, 0.717) is 17.0 Å². The Morgan fingerprint density at radius 3 is 1.74 bits per heavy atom. The van der Waals surface area contributed by atoms with Gasteiger partial charge in [-0.1, -0.05) is 97.1 Å². The molecular formula is C27H16ClN3. The van der Waals surface area contributed by atoms with Gasteiger partial charge in [-0.05, 0) is 33.5 Å². The third-order valence-electron chi connectivity index (χ3n) is 5.30. The summed E-state index contributed by atoms with van der Waals surface area (Å²) in [6, 6.07) is 34.4. The van der Waals surface area contributed by atoms with Crippen LogP contribution in [0.2, 0.25) is 5.28 Å². The van der Waals surface area contributed by atoms with Crippen LogP contribution in [-0.2, 0) is 0 Å². The standard InChI is InChI=1S/C27H16ClN3/c28-27-30-25(19-11-5-2-6-12-19)24(17-29)26(31-27)23-16-15-20(18-9-3-1-4-10-18)21-13-7-8-14-22(21)23/h1-16H. The van der Waals surface area contributed by atoms with Crippen LogP contribution < -0.4 is 0 Å². The molecule has 0 aliphatic rings. The predicted octanol–water partition coefficient (Wildman–Crippen LogP) is 7.16. The van der Waals surface area contributed by atoms with E-state index >= 15 is 0 Å². The lowest BCUT2D eigenvalue weighted by Gasteiger charge is -2.14. The van der Waals surface area contributed by atoms with Gasteiger partial charge in [0.15, 0.2) is 0 Å². The topological polar surface area (TPSA) is 49.6 Å². The van der Waals surface area contributed by atoms with Crippen molar-refractivity contribution in [2.45, 2.75) is 0 Å². The Labute approximate surface area is 185 Å². The van der Waals surface area contributed by atoms with Crippen molar-refractivity contribution in [2.75, 3.05) is 0 Å². The van der Waals surface area contributed by atoms with E-state index in [-0.39, 0.29) is 5.28 Å². The number of aromatic nitrogens is 2. The number of nitrogens with zero attached hydrogens (tertiary/aromatic N) is 3. The van der Waals surface area contributed by atoms with Gasteiger partial charge in [0.2, 0.25) is 5.28 Å². The van der Waals surface area contributed by atoms with Crippen molar-refractivity contribution in [1.29, 1.82) is 5.26 Å². The first kappa shape index (κ1) is 19.0. The fourth-order valence-electron chi connectivity index (χ4n) is 3.91. The molecule has 0 radical (unpaired) electrons. The van der Waals surface area contributed by atoms with Crippen LogP contribution in [0.5, 0.6) is 0 Å². The highest BCUT2D eigenvalue weighted by Gasteiger charge is 2.19. The highest BCUT2D eigenvalue weighted by molar-refractivity contribution is 6.28. The molecule has 0 bridgehead atoms. The fourth-order valence-corrected chi connectivity index (χ4v) is 4.08. The fraction of sp³-hybridized carbons (Fsp3) is 0. The minimum absolute atomic E-state index is 0.115. The second-order valence-corrected chi connectivity index (χ2v) is 7.45. The van der Waals surface area contributed by atoms with Crippen LogP contribution in [0.1, 0.15) is 5.56 Å². The Kier molecular flexibility index (Phi) is 4.92. The SMILES string of the molecule is N#Cc1c(-c2ccccc2)nc(Cl)nc1-c1ccc(-c2ccccc2)c2ccccc12. The van der Waals surface area contributed by atoms with Gasteiger partial charge in [-0.3, -0.25) is 0 Å². The second kappa shape index (κ2) is 8.02. The van der Waals surface area contributed by atoms with Gasteiger partial charge >= 0.3 is 0 Å². The van der Waals surface area contributed by atoms with Crippen LogP contribution in [0.4, 0.5) is 0 Å². The molecule has 0 fully saturated rings. The van der Waals surface area contributed by atoms with Crippen molar-refractivity contribution < 1.29 is 0 Å². The summed E-state index contributed by atoms with van der Waals surface area (Å²) in [5, 5.41) is 12.3. The van der Waals surface area contributed by atoms with E-state index in [0.717, 1.165) is 33.0 Å². The van der Waals surface area contributed by atoms with Crippen LogP contribution in [0.25, 0.3) is 44.4 Å². The summed E-state index contributed by atoms with van der Waals surface area (Å²) in [5.41, 5.74) is 5.43. The van der Waals surface area contributed by atoms with Crippen molar-refractivity contribution in [2.24, 2.45) is 0 Å². The smallest absolute Gasteiger partial charge is 0.216 e. The first-order chi connectivity index (χ1) is 15.3. The van der Waals surface area contributed by atoms with E-state index < -0.39 is 0 Å². The third kappa shape index (κ3) is 3.44. The van der Waals surface area contributed by atoms with E-state index in [4.69, 9.17) is 11.6 Å². The lowest BCUT2D eigenvalue weighted by atomic mass is 9.92. The van der Waals surface area contributed by atoms with E-state index in [2.05, 4.69) is 46.4 Å². The number of nitriles is 1. The van der Waals surface area contributed by atoms with Crippen molar-refractivity contribution in [3.05, 3.63) is 108 Å². The second-order valence-electron chi connectivity index (χ2n) is 7.11. The van der Waals surface area contributed by atoms with Crippen molar-refractivity contribution in [3.8, 4) is 39.7 Å². The molecule has 4 aromatic carbocycles. The van der Waals surface area contributed by atoms with Crippen LogP contribution in [0.15, 0.2) is 97.1 Å². The Morgan fingerprint density at radius 1 is 0.581 bits per heavy atom. The molecule has 0 spiro atoms. The summed E-state index contributed by atoms with van der Waals surface area (Å²) in [5.74, 6) is 0. The van der Waals surface area contributed by atoms with Gasteiger partial charge in [0.05, 0.1) is 11.4 Å². The van der Waals surface area contributed by atoms with Gasteiger partial charge in [-0.2, -0.15) is 5.26 Å². The van der Waals surface area contributed by atoms with Crippen LogP contribution >= 0.6 is 11.6 Å². The average Bonchev–Trinajstić information content (AvgIpc) is 2.84. The normalized spacial score (nSPS) is 10.7. The van der Waals surface area contributed by atoms with Gasteiger partial charge in [-0.15, -0.1) is 0 Å². The Balaban J connectivity index is 1.80. The lowest BCUT2D eigenvalue weighted by molar-refractivity contribution is 1.16. The molecule has 146 valence electrons. The largest absolute Gasteiger partial charge is 0.223 e.